The minimum atomic E-state index is 0.538. The Morgan fingerprint density at radius 2 is 0.561 bits per heavy atom. The van der Waals surface area contributed by atoms with E-state index in [1.54, 1.807) is 0 Å². The zero-order valence-electron chi connectivity index (χ0n) is 44.4. The number of nitrogens with zero attached hydrogens (tertiary/aromatic N) is 6. The second kappa shape index (κ2) is 20.2. The number of hydrogen-bond donors (Lipinski definition) is 0. The van der Waals surface area contributed by atoms with Crippen molar-refractivity contribution in [2.75, 3.05) is 0 Å². The van der Waals surface area contributed by atoms with Gasteiger partial charge < -0.3 is 9.13 Å². The molecule has 0 atom stereocenters. The van der Waals surface area contributed by atoms with Crippen molar-refractivity contribution in [2.24, 2.45) is 0 Å². The van der Waals surface area contributed by atoms with Gasteiger partial charge in [0.05, 0.1) is 45.1 Å². The summed E-state index contributed by atoms with van der Waals surface area (Å²) in [6, 6.07) is 105. The molecule has 0 radical (unpaired) electrons. The minimum Gasteiger partial charge on any atom is -0.309 e. The minimum absolute atomic E-state index is 0.538. The Kier molecular flexibility index (Phi) is 11.8. The summed E-state index contributed by atoms with van der Waals surface area (Å²) in [4.78, 5) is 15.6. The maximum atomic E-state index is 10.9. The van der Waals surface area contributed by atoms with Gasteiger partial charge in [0.15, 0.2) is 17.5 Å². The van der Waals surface area contributed by atoms with E-state index in [1.807, 2.05) is 66.7 Å². The smallest absolute Gasteiger partial charge is 0.164 e. The van der Waals surface area contributed by atoms with Crippen LogP contribution in [0.5, 0.6) is 0 Å². The third kappa shape index (κ3) is 8.49. The van der Waals surface area contributed by atoms with Crippen LogP contribution in [0.25, 0.3) is 145 Å². The molecule has 0 aliphatic heterocycles. The molecule has 0 bridgehead atoms. The molecule has 3 heterocycles. The van der Waals surface area contributed by atoms with Crippen molar-refractivity contribution >= 4 is 43.6 Å². The molecule has 82 heavy (non-hydrogen) atoms. The van der Waals surface area contributed by atoms with E-state index in [-0.39, 0.29) is 0 Å². The second-order valence-electron chi connectivity index (χ2n) is 20.7. The Labute approximate surface area is 474 Å². The Hall–Kier alpha value is -11.3. The van der Waals surface area contributed by atoms with Crippen LogP contribution in [-0.2, 0) is 0 Å². The number of nitriles is 1. The van der Waals surface area contributed by atoms with Gasteiger partial charge in [-0.1, -0.05) is 218 Å². The summed E-state index contributed by atoms with van der Waals surface area (Å²) in [5, 5.41) is 15.4. The molecule has 0 N–H and O–H groups in total. The summed E-state index contributed by atoms with van der Waals surface area (Å²) >= 11 is 0. The molecule has 0 aliphatic carbocycles. The quantitative estimate of drug-likeness (QED) is 0.137. The molecule has 3 aromatic heterocycles. The van der Waals surface area contributed by atoms with Gasteiger partial charge >= 0.3 is 0 Å². The third-order valence-corrected chi connectivity index (χ3v) is 15.8. The molecule has 0 saturated heterocycles. The summed E-state index contributed by atoms with van der Waals surface area (Å²) in [7, 11) is 0. The van der Waals surface area contributed by atoms with Crippen LogP contribution in [-0.4, -0.2) is 24.1 Å². The molecule has 382 valence electrons. The van der Waals surface area contributed by atoms with Crippen molar-refractivity contribution in [2.45, 2.75) is 0 Å². The second-order valence-corrected chi connectivity index (χ2v) is 20.7. The molecular formula is C76H48N6. The van der Waals surface area contributed by atoms with Crippen LogP contribution in [0.2, 0.25) is 0 Å². The summed E-state index contributed by atoms with van der Waals surface area (Å²) in [5.74, 6) is 1.70. The lowest BCUT2D eigenvalue weighted by Crippen LogP contribution is -2.04. The average molecular weight is 1050 g/mol. The zero-order valence-corrected chi connectivity index (χ0v) is 44.4. The van der Waals surface area contributed by atoms with Crippen molar-refractivity contribution in [3.05, 3.63) is 297 Å². The van der Waals surface area contributed by atoms with Gasteiger partial charge in [-0.2, -0.15) is 5.26 Å². The van der Waals surface area contributed by atoms with Gasteiger partial charge in [0.25, 0.3) is 0 Å². The first-order chi connectivity index (χ1) is 40.6. The highest BCUT2D eigenvalue weighted by atomic mass is 15.0. The van der Waals surface area contributed by atoms with Gasteiger partial charge in [-0.05, 0) is 117 Å². The highest BCUT2D eigenvalue weighted by Crippen LogP contribution is 2.45. The van der Waals surface area contributed by atoms with Crippen LogP contribution in [0.4, 0.5) is 0 Å². The van der Waals surface area contributed by atoms with Gasteiger partial charge in [-0.25, -0.2) is 15.0 Å². The first kappa shape index (κ1) is 47.9. The fourth-order valence-electron chi connectivity index (χ4n) is 11.8. The van der Waals surface area contributed by atoms with Gasteiger partial charge in [0.1, 0.15) is 0 Å². The van der Waals surface area contributed by atoms with E-state index in [0.29, 0.717) is 23.0 Å². The Morgan fingerprint density at radius 3 is 0.915 bits per heavy atom. The highest BCUT2D eigenvalue weighted by Gasteiger charge is 2.24. The number of rotatable bonds is 10. The molecule has 0 fully saturated rings. The molecular weight excluding hydrogens is 997 g/mol. The van der Waals surface area contributed by atoms with Crippen LogP contribution in [0, 0.1) is 11.3 Å². The molecule has 0 saturated carbocycles. The van der Waals surface area contributed by atoms with Crippen LogP contribution >= 0.6 is 0 Å². The van der Waals surface area contributed by atoms with E-state index in [0.717, 1.165) is 127 Å². The number of hydrogen-bond acceptors (Lipinski definition) is 4. The number of benzene rings is 12. The first-order valence-corrected chi connectivity index (χ1v) is 27.5. The standard InChI is InChI=1S/C76H48N6/c77-49-50-31-38-68(81-69-39-33-57(51-19-7-1-8-20-51)44-64(69)65-45-58(34-40-70(65)81)52-21-9-2-10-22-52)63(43-50)62-37-32-61(76-79-74(55-27-15-5-16-28-55)78-75(80-76)56-29-17-6-18-30-56)48-73(62)82-71-41-35-59(53-23-11-3-12-24-53)46-66(71)67-47-60(36-42-72(67)82)54-25-13-4-14-26-54/h1-48H. The number of aromatic nitrogens is 5. The fourth-order valence-corrected chi connectivity index (χ4v) is 11.8. The van der Waals surface area contributed by atoms with E-state index in [9.17, 15) is 5.26 Å². The van der Waals surface area contributed by atoms with Crippen LogP contribution in [0.1, 0.15) is 5.56 Å². The van der Waals surface area contributed by atoms with E-state index in [1.165, 1.54) is 0 Å². The van der Waals surface area contributed by atoms with E-state index < -0.39 is 0 Å². The lowest BCUT2D eigenvalue weighted by Gasteiger charge is -2.20. The van der Waals surface area contributed by atoms with Crippen LogP contribution < -0.4 is 0 Å². The largest absolute Gasteiger partial charge is 0.309 e. The molecule has 15 aromatic rings. The molecule has 0 aliphatic rings. The molecule has 6 heteroatoms. The first-order valence-electron chi connectivity index (χ1n) is 27.5. The third-order valence-electron chi connectivity index (χ3n) is 15.8. The highest BCUT2D eigenvalue weighted by molar-refractivity contribution is 6.14. The maximum absolute atomic E-state index is 10.9. The summed E-state index contributed by atoms with van der Waals surface area (Å²) in [6.45, 7) is 0. The number of fused-ring (bicyclic) bond motifs is 6. The maximum Gasteiger partial charge on any atom is 0.164 e. The van der Waals surface area contributed by atoms with Crippen molar-refractivity contribution in [3.8, 4) is 107 Å². The van der Waals surface area contributed by atoms with Gasteiger partial charge in [-0.3, -0.25) is 0 Å². The molecule has 0 unspecified atom stereocenters. The van der Waals surface area contributed by atoms with E-state index in [2.05, 4.69) is 240 Å². The van der Waals surface area contributed by atoms with Crippen molar-refractivity contribution in [3.63, 3.8) is 0 Å². The predicted molar refractivity (Wildman–Crippen MR) is 337 cm³/mol. The molecule has 0 spiro atoms. The monoisotopic (exact) mass is 1040 g/mol. The molecule has 0 amide bonds. The van der Waals surface area contributed by atoms with E-state index >= 15 is 0 Å². The molecule has 12 aromatic carbocycles. The van der Waals surface area contributed by atoms with Crippen molar-refractivity contribution in [1.29, 1.82) is 5.26 Å². The van der Waals surface area contributed by atoms with Crippen LogP contribution in [0.15, 0.2) is 291 Å². The Balaban J connectivity index is 1.03. The predicted octanol–water partition coefficient (Wildman–Crippen LogP) is 19.3. The van der Waals surface area contributed by atoms with Crippen LogP contribution in [0.3, 0.4) is 0 Å². The van der Waals surface area contributed by atoms with Gasteiger partial charge in [0.2, 0.25) is 0 Å². The topological polar surface area (TPSA) is 72.3 Å². The normalized spacial score (nSPS) is 11.4. The SMILES string of the molecule is N#Cc1ccc(-n2c3ccc(-c4ccccc4)cc3c3cc(-c4ccccc4)ccc32)c(-c2ccc(-c3nc(-c4ccccc4)nc(-c4ccccc4)n3)cc2-n2c3ccc(-c4ccccc4)cc3c3cc(-c4ccccc4)ccc32)c1. The summed E-state index contributed by atoms with van der Waals surface area (Å²) in [6.07, 6.45) is 0. The molecule has 15 rings (SSSR count). The zero-order chi connectivity index (χ0) is 54.5. The van der Waals surface area contributed by atoms with Crippen molar-refractivity contribution in [1.82, 2.24) is 24.1 Å². The Bertz CT molecular complexity index is 4700. The lowest BCUT2D eigenvalue weighted by molar-refractivity contribution is 1.07. The fraction of sp³-hybridized carbons (Fsp3) is 0. The Morgan fingerprint density at radius 1 is 0.244 bits per heavy atom. The average Bonchev–Trinajstić information content (AvgIpc) is 3.98. The van der Waals surface area contributed by atoms with Gasteiger partial charge in [0, 0.05) is 49.4 Å². The van der Waals surface area contributed by atoms with E-state index in [4.69, 9.17) is 15.0 Å². The summed E-state index contributed by atoms with van der Waals surface area (Å²) < 4.78 is 4.79. The summed E-state index contributed by atoms with van der Waals surface area (Å²) in [5.41, 5.74) is 20.0. The molecule has 6 nitrogen and oxygen atoms in total. The lowest BCUT2D eigenvalue weighted by atomic mass is 9.96. The van der Waals surface area contributed by atoms with Gasteiger partial charge in [-0.15, -0.1) is 0 Å². The van der Waals surface area contributed by atoms with Crippen molar-refractivity contribution < 1.29 is 0 Å².